The van der Waals surface area contributed by atoms with E-state index < -0.39 is 22.0 Å². The summed E-state index contributed by atoms with van der Waals surface area (Å²) in [6.45, 7) is 5.39. The second-order valence-electron chi connectivity index (χ2n) is 8.94. The first kappa shape index (κ1) is 26.9. The van der Waals surface area contributed by atoms with Gasteiger partial charge >= 0.3 is 0 Å². The Kier molecular flexibility index (Phi) is 7.31. The van der Waals surface area contributed by atoms with E-state index >= 15 is 0 Å². The van der Waals surface area contributed by atoms with Crippen molar-refractivity contribution in [2.45, 2.75) is 26.8 Å². The lowest BCUT2D eigenvalue weighted by Gasteiger charge is -2.20. The highest BCUT2D eigenvalue weighted by molar-refractivity contribution is 7.89. The van der Waals surface area contributed by atoms with Gasteiger partial charge in [0.1, 0.15) is 16.5 Å². The Morgan fingerprint density at radius 2 is 1.89 bits per heavy atom. The number of amides is 1. The normalized spacial score (nSPS) is 12.1. The summed E-state index contributed by atoms with van der Waals surface area (Å²) in [6, 6.07) is 13.3. The van der Waals surface area contributed by atoms with E-state index in [1.807, 2.05) is 30.7 Å². The molecule has 1 atom stereocenters. The van der Waals surface area contributed by atoms with Crippen molar-refractivity contribution in [1.82, 2.24) is 9.71 Å². The summed E-state index contributed by atoms with van der Waals surface area (Å²) >= 11 is 5.98. The molecular formula is C28H24ClN3O5S. The number of nitrogens with one attached hydrogen (secondary N) is 2. The van der Waals surface area contributed by atoms with Gasteiger partial charge in [-0.05, 0) is 56.7 Å². The number of benzene rings is 2. The van der Waals surface area contributed by atoms with E-state index in [1.54, 1.807) is 31.2 Å². The number of aryl methyl sites for hydroxylation is 1. The van der Waals surface area contributed by atoms with Gasteiger partial charge in [-0.15, -0.1) is 6.42 Å². The van der Waals surface area contributed by atoms with Crippen LogP contribution in [0.5, 0.6) is 0 Å². The summed E-state index contributed by atoms with van der Waals surface area (Å²) in [7, 11) is -3.83. The van der Waals surface area contributed by atoms with Gasteiger partial charge in [-0.1, -0.05) is 35.7 Å². The van der Waals surface area contributed by atoms with Crippen molar-refractivity contribution in [3.8, 4) is 23.7 Å². The molecule has 4 aromatic rings. The lowest BCUT2D eigenvalue weighted by atomic mass is 9.98. The quantitative estimate of drug-likeness (QED) is 0.257. The highest BCUT2D eigenvalue weighted by atomic mass is 35.5. The van der Waals surface area contributed by atoms with Crippen molar-refractivity contribution < 1.29 is 17.6 Å². The number of fused-ring (bicyclic) bond motifs is 1. The predicted octanol–water partition coefficient (Wildman–Crippen LogP) is 4.97. The van der Waals surface area contributed by atoms with E-state index in [9.17, 15) is 18.0 Å². The minimum absolute atomic E-state index is 0.0168. The van der Waals surface area contributed by atoms with Crippen molar-refractivity contribution in [3.63, 3.8) is 0 Å². The zero-order valence-electron chi connectivity index (χ0n) is 21.0. The molecule has 2 aromatic carbocycles. The van der Waals surface area contributed by atoms with Crippen LogP contribution in [-0.4, -0.2) is 25.6 Å². The minimum atomic E-state index is -3.83. The van der Waals surface area contributed by atoms with E-state index in [-0.39, 0.29) is 22.0 Å². The Morgan fingerprint density at radius 1 is 1.16 bits per heavy atom. The maximum Gasteiger partial charge on any atom is 0.285 e. The zero-order chi connectivity index (χ0) is 27.8. The van der Waals surface area contributed by atoms with Crippen LogP contribution in [0.25, 0.3) is 22.3 Å². The number of nitrogens with zero attached hydrogens (tertiary/aromatic N) is 1. The first-order valence-electron chi connectivity index (χ1n) is 11.5. The first-order chi connectivity index (χ1) is 17.9. The van der Waals surface area contributed by atoms with Crippen LogP contribution in [0.4, 0.5) is 5.69 Å². The molecule has 0 fully saturated rings. The molecule has 0 saturated heterocycles. The Bertz CT molecular complexity index is 1810. The number of carbonyl (C=O) groups is 1. The van der Waals surface area contributed by atoms with E-state index in [1.165, 1.54) is 12.1 Å². The number of hydrogen-bond acceptors (Lipinski definition) is 7. The summed E-state index contributed by atoms with van der Waals surface area (Å²) in [4.78, 5) is 30.1. The second kappa shape index (κ2) is 10.3. The van der Waals surface area contributed by atoms with Crippen molar-refractivity contribution in [2.24, 2.45) is 0 Å². The summed E-state index contributed by atoms with van der Waals surface area (Å²) < 4.78 is 31.5. The fraction of sp³-hybridized carbons (Fsp3) is 0.179. The smallest absolute Gasteiger partial charge is 0.285 e. The maximum absolute atomic E-state index is 13.4. The third kappa shape index (κ3) is 5.57. The number of carbonyl (C=O) groups excluding carboxylic acids is 1. The molecule has 2 N–H and O–H groups in total. The van der Waals surface area contributed by atoms with Crippen LogP contribution in [0.2, 0.25) is 5.15 Å². The van der Waals surface area contributed by atoms with E-state index in [2.05, 4.69) is 16.2 Å². The Hall–Kier alpha value is -4.13. The molecule has 38 heavy (non-hydrogen) atoms. The van der Waals surface area contributed by atoms with E-state index in [0.29, 0.717) is 39.0 Å². The first-order valence-corrected chi connectivity index (χ1v) is 13.7. The predicted molar refractivity (Wildman–Crippen MR) is 149 cm³/mol. The molecule has 1 amide bonds. The number of hydrogen-bond donors (Lipinski definition) is 2. The standard InChI is InChI=1S/C28H24ClN3O5S/c1-6-18-8-7-9-19(14-18)26-16(3)25(33)21-13-15(2)12-20(27(21)37-26)17(4)30-22-10-11-23(29)31-24(22)28(34)32-38(5,35)36/h1,7-14,17,30H,2-5H3,(H,32,34). The summed E-state index contributed by atoms with van der Waals surface area (Å²) in [6.07, 6.45) is 6.43. The maximum atomic E-state index is 13.4. The Labute approximate surface area is 225 Å². The van der Waals surface area contributed by atoms with Crippen LogP contribution < -0.4 is 15.5 Å². The molecule has 194 valence electrons. The number of terminal acetylenes is 1. The van der Waals surface area contributed by atoms with Gasteiger partial charge in [0.15, 0.2) is 11.1 Å². The molecular weight excluding hydrogens is 526 g/mol. The summed E-state index contributed by atoms with van der Waals surface area (Å²) in [5.74, 6) is 2.06. The topological polar surface area (TPSA) is 118 Å². The number of halogens is 1. The van der Waals surface area contributed by atoms with Crippen LogP contribution in [0.15, 0.2) is 57.7 Å². The van der Waals surface area contributed by atoms with Gasteiger partial charge in [0.2, 0.25) is 10.0 Å². The highest BCUT2D eigenvalue weighted by Crippen LogP contribution is 2.33. The molecule has 10 heteroatoms. The van der Waals surface area contributed by atoms with Crippen molar-refractivity contribution in [1.29, 1.82) is 0 Å². The molecule has 1 unspecified atom stereocenters. The van der Waals surface area contributed by atoms with E-state index in [0.717, 1.165) is 11.8 Å². The molecule has 0 bridgehead atoms. The molecule has 2 heterocycles. The van der Waals surface area contributed by atoms with Crippen LogP contribution in [0.3, 0.4) is 0 Å². The average Bonchev–Trinajstić information content (AvgIpc) is 2.86. The van der Waals surface area contributed by atoms with Gasteiger partial charge in [0, 0.05) is 22.3 Å². The number of rotatable bonds is 6. The van der Waals surface area contributed by atoms with Crippen LogP contribution in [0, 0.1) is 26.2 Å². The third-order valence-electron chi connectivity index (χ3n) is 5.88. The summed E-state index contributed by atoms with van der Waals surface area (Å²) in [5.41, 5.74) is 3.50. The molecule has 4 rings (SSSR count). The average molecular weight is 550 g/mol. The van der Waals surface area contributed by atoms with Gasteiger partial charge in [-0.25, -0.2) is 18.1 Å². The lowest BCUT2D eigenvalue weighted by molar-refractivity contribution is 0.0977. The fourth-order valence-corrected chi connectivity index (χ4v) is 4.75. The number of anilines is 1. The zero-order valence-corrected chi connectivity index (χ0v) is 22.6. The van der Waals surface area contributed by atoms with Crippen LogP contribution in [0.1, 0.15) is 45.7 Å². The molecule has 0 aliphatic carbocycles. The molecule has 0 aliphatic heterocycles. The Morgan fingerprint density at radius 3 is 2.58 bits per heavy atom. The summed E-state index contributed by atoms with van der Waals surface area (Å²) in [5, 5.41) is 3.61. The highest BCUT2D eigenvalue weighted by Gasteiger charge is 2.22. The van der Waals surface area contributed by atoms with Gasteiger partial charge in [0.05, 0.1) is 23.4 Å². The number of aromatic nitrogens is 1. The van der Waals surface area contributed by atoms with Crippen molar-refractivity contribution >= 4 is 44.2 Å². The largest absolute Gasteiger partial charge is 0.455 e. The number of sulfonamides is 1. The van der Waals surface area contributed by atoms with Crippen LogP contribution in [-0.2, 0) is 10.0 Å². The molecule has 0 aliphatic rings. The van der Waals surface area contributed by atoms with E-state index in [4.69, 9.17) is 22.4 Å². The van der Waals surface area contributed by atoms with Gasteiger partial charge < -0.3 is 9.73 Å². The molecule has 2 aromatic heterocycles. The molecule has 0 radical (unpaired) electrons. The van der Waals surface area contributed by atoms with Gasteiger partial charge in [-0.3, -0.25) is 9.59 Å². The second-order valence-corrected chi connectivity index (χ2v) is 11.1. The molecule has 8 nitrogen and oxygen atoms in total. The van der Waals surface area contributed by atoms with Gasteiger partial charge in [-0.2, -0.15) is 0 Å². The molecule has 0 saturated carbocycles. The monoisotopic (exact) mass is 549 g/mol. The van der Waals surface area contributed by atoms with Crippen molar-refractivity contribution in [2.75, 3.05) is 11.6 Å². The lowest BCUT2D eigenvalue weighted by Crippen LogP contribution is -2.31. The van der Waals surface area contributed by atoms with Crippen LogP contribution >= 0.6 is 11.6 Å². The van der Waals surface area contributed by atoms with Gasteiger partial charge in [0.25, 0.3) is 5.91 Å². The Balaban J connectivity index is 1.85. The number of pyridine rings is 1. The fourth-order valence-electron chi connectivity index (χ4n) is 4.17. The van der Waals surface area contributed by atoms with Crippen molar-refractivity contribution in [3.05, 3.63) is 91.9 Å². The molecule has 0 spiro atoms. The SMILES string of the molecule is C#Cc1cccc(-c2oc3c(C(C)Nc4ccc(Cl)nc4C(=O)NS(C)(=O)=O)cc(C)cc3c(=O)c2C)c1. The minimum Gasteiger partial charge on any atom is -0.455 e. The third-order valence-corrected chi connectivity index (χ3v) is 6.64.